The van der Waals surface area contributed by atoms with Crippen LogP contribution in [0.2, 0.25) is 0 Å². The van der Waals surface area contributed by atoms with Crippen LogP contribution >= 0.6 is 0 Å². The zero-order chi connectivity index (χ0) is 24.1. The second-order valence-electron chi connectivity index (χ2n) is 7.38. The van der Waals surface area contributed by atoms with Crippen LogP contribution < -0.4 is 9.86 Å². The molecule has 2 heterocycles. The summed E-state index contributed by atoms with van der Waals surface area (Å²) in [6.07, 6.45) is 0.929. The number of pyridine rings is 1. The Balaban J connectivity index is 2.20. The van der Waals surface area contributed by atoms with Crippen LogP contribution in [0.5, 0.6) is 0 Å². The van der Waals surface area contributed by atoms with E-state index in [1.54, 1.807) is 6.92 Å². The molecule has 0 aliphatic rings. The first kappa shape index (κ1) is 22.5. The fourth-order valence-electron chi connectivity index (χ4n) is 3.41. The molecule has 4 aromatic rings. The van der Waals surface area contributed by atoms with Gasteiger partial charge in [0, 0.05) is 24.1 Å². The predicted octanol–water partition coefficient (Wildman–Crippen LogP) is 3.57. The summed E-state index contributed by atoms with van der Waals surface area (Å²) in [6.45, 7) is 1.62. The third kappa shape index (κ3) is 3.95. The van der Waals surface area contributed by atoms with Gasteiger partial charge in [-0.1, -0.05) is 6.07 Å². The van der Waals surface area contributed by atoms with E-state index in [-0.39, 0.29) is 22.7 Å². The summed E-state index contributed by atoms with van der Waals surface area (Å²) in [6, 6.07) is 9.48. The molecule has 0 N–H and O–H groups in total. The quantitative estimate of drug-likeness (QED) is 0.452. The average Bonchev–Trinajstić information content (AvgIpc) is 2.73. The van der Waals surface area contributed by atoms with E-state index in [2.05, 4.69) is 9.97 Å². The number of fused-ring (bicyclic) bond motifs is 1. The normalized spacial score (nSPS) is 11.7. The molecular formula is C22H17F3N4O3S. The lowest BCUT2D eigenvalue weighted by Crippen LogP contribution is -2.28. The number of sulfonamides is 1. The van der Waals surface area contributed by atoms with Crippen molar-refractivity contribution in [2.24, 2.45) is 0 Å². The smallest absolute Gasteiger partial charge is 0.256 e. The average molecular weight is 474 g/mol. The Bertz CT molecular complexity index is 1570. The summed E-state index contributed by atoms with van der Waals surface area (Å²) in [5, 5.41) is 0.206. The maximum atomic E-state index is 14.6. The second-order valence-corrected chi connectivity index (χ2v) is 9.39. The first-order valence-electron chi connectivity index (χ1n) is 9.57. The fourth-order valence-corrected chi connectivity index (χ4v) is 3.79. The Hall–Kier alpha value is -3.73. The molecule has 7 nitrogen and oxygen atoms in total. The molecular weight excluding hydrogens is 457 g/mol. The second kappa shape index (κ2) is 8.00. The topological polar surface area (TPSA) is 85.2 Å². The summed E-state index contributed by atoms with van der Waals surface area (Å²) >= 11 is 0. The van der Waals surface area contributed by atoms with Crippen molar-refractivity contribution in [3.05, 3.63) is 81.9 Å². The van der Waals surface area contributed by atoms with Gasteiger partial charge in [0.05, 0.1) is 11.9 Å². The molecule has 4 rings (SSSR count). The van der Waals surface area contributed by atoms with Gasteiger partial charge in [0.15, 0.2) is 5.65 Å². The lowest BCUT2D eigenvalue weighted by molar-refractivity contribution is 0.568. The minimum absolute atomic E-state index is 0.161. The highest BCUT2D eigenvalue weighted by molar-refractivity contribution is 7.92. The van der Waals surface area contributed by atoms with Crippen molar-refractivity contribution in [3.63, 3.8) is 0 Å². The van der Waals surface area contributed by atoms with Crippen LogP contribution in [-0.2, 0) is 10.0 Å². The summed E-state index contributed by atoms with van der Waals surface area (Å²) < 4.78 is 68.8. The van der Waals surface area contributed by atoms with E-state index in [1.807, 2.05) is 0 Å². The number of benzene rings is 2. The Morgan fingerprint density at radius 3 is 2.24 bits per heavy atom. The van der Waals surface area contributed by atoms with E-state index in [1.165, 1.54) is 31.3 Å². The van der Waals surface area contributed by atoms with Gasteiger partial charge in [-0.05, 0) is 48.9 Å². The summed E-state index contributed by atoms with van der Waals surface area (Å²) in [5.74, 6) is -2.85. The highest BCUT2D eigenvalue weighted by Crippen LogP contribution is 2.32. The van der Waals surface area contributed by atoms with Crippen molar-refractivity contribution in [2.75, 3.05) is 17.6 Å². The van der Waals surface area contributed by atoms with E-state index < -0.39 is 38.7 Å². The van der Waals surface area contributed by atoms with E-state index in [9.17, 15) is 26.4 Å². The van der Waals surface area contributed by atoms with Crippen molar-refractivity contribution in [1.29, 1.82) is 0 Å². The number of halogens is 3. The maximum absolute atomic E-state index is 14.6. The Labute approximate surface area is 186 Å². The van der Waals surface area contributed by atoms with E-state index in [4.69, 9.17) is 0 Å². The maximum Gasteiger partial charge on any atom is 0.256 e. The van der Waals surface area contributed by atoms with Gasteiger partial charge >= 0.3 is 0 Å². The number of rotatable bonds is 4. The lowest BCUT2D eigenvalue weighted by Gasteiger charge is -2.19. The number of aromatic nitrogens is 3. The third-order valence-electron chi connectivity index (χ3n) is 5.12. The molecule has 33 heavy (non-hydrogen) atoms. The van der Waals surface area contributed by atoms with E-state index >= 15 is 0 Å². The van der Waals surface area contributed by atoms with Gasteiger partial charge in [0.2, 0.25) is 16.0 Å². The largest absolute Gasteiger partial charge is 0.269 e. The zero-order valence-electron chi connectivity index (χ0n) is 17.7. The van der Waals surface area contributed by atoms with Crippen molar-refractivity contribution in [1.82, 2.24) is 14.5 Å². The van der Waals surface area contributed by atoms with Gasteiger partial charge < -0.3 is 0 Å². The standard InChI is InChI=1S/C22H17F3N4O3S/c1-12-11-13(23)7-8-14(12)19-15-9-10-18(30)29(20-16(24)5-4-6-17(20)25)21(15)27-22(26-19)28(2)33(3,31)32/h4-11H,1-3H3. The highest BCUT2D eigenvalue weighted by Gasteiger charge is 2.23. The number of anilines is 1. The minimum Gasteiger partial charge on any atom is -0.269 e. The Kier molecular flexibility index (Phi) is 5.44. The van der Waals surface area contributed by atoms with Crippen LogP contribution in [0.3, 0.4) is 0 Å². The molecule has 0 aliphatic heterocycles. The molecule has 0 spiro atoms. The van der Waals surface area contributed by atoms with Gasteiger partial charge in [-0.3, -0.25) is 9.36 Å². The van der Waals surface area contributed by atoms with Crippen LogP contribution in [0.1, 0.15) is 5.56 Å². The first-order valence-corrected chi connectivity index (χ1v) is 11.4. The molecule has 0 aliphatic carbocycles. The number of para-hydroxylation sites is 1. The Morgan fingerprint density at radius 1 is 0.970 bits per heavy atom. The molecule has 0 unspecified atom stereocenters. The van der Waals surface area contributed by atoms with Crippen molar-refractivity contribution >= 4 is 27.0 Å². The van der Waals surface area contributed by atoms with E-state index in [0.717, 1.165) is 39.4 Å². The van der Waals surface area contributed by atoms with Gasteiger partial charge in [-0.25, -0.2) is 30.9 Å². The summed E-state index contributed by atoms with van der Waals surface area (Å²) in [4.78, 5) is 21.3. The number of hydrogen-bond donors (Lipinski definition) is 0. The van der Waals surface area contributed by atoms with E-state index in [0.29, 0.717) is 11.1 Å². The predicted molar refractivity (Wildman–Crippen MR) is 118 cm³/mol. The first-order chi connectivity index (χ1) is 15.5. The van der Waals surface area contributed by atoms with Gasteiger partial charge in [-0.15, -0.1) is 0 Å². The van der Waals surface area contributed by atoms with Crippen molar-refractivity contribution in [2.45, 2.75) is 6.92 Å². The summed E-state index contributed by atoms with van der Waals surface area (Å²) in [5.41, 5.74) is -0.621. The lowest BCUT2D eigenvalue weighted by atomic mass is 10.0. The van der Waals surface area contributed by atoms with Gasteiger partial charge in [0.1, 0.15) is 23.1 Å². The molecule has 170 valence electrons. The van der Waals surface area contributed by atoms with Crippen LogP contribution in [0.15, 0.2) is 53.3 Å². The number of hydrogen-bond acceptors (Lipinski definition) is 5. The minimum atomic E-state index is -3.83. The molecule has 2 aromatic carbocycles. The Morgan fingerprint density at radius 2 is 1.64 bits per heavy atom. The SMILES string of the molecule is Cc1cc(F)ccc1-c1nc(N(C)S(C)(=O)=O)nc2c1ccc(=O)n2-c1c(F)cccc1F. The molecule has 0 radical (unpaired) electrons. The third-order valence-corrected chi connectivity index (χ3v) is 6.28. The number of nitrogens with zero attached hydrogens (tertiary/aromatic N) is 4. The van der Waals surface area contributed by atoms with Crippen molar-refractivity contribution in [3.8, 4) is 16.9 Å². The molecule has 0 saturated carbocycles. The monoisotopic (exact) mass is 474 g/mol. The van der Waals surface area contributed by atoms with Crippen LogP contribution in [0.4, 0.5) is 19.1 Å². The molecule has 0 amide bonds. The molecule has 11 heteroatoms. The van der Waals surface area contributed by atoms with Crippen molar-refractivity contribution < 1.29 is 21.6 Å². The van der Waals surface area contributed by atoms with Crippen LogP contribution in [0, 0.1) is 24.4 Å². The van der Waals surface area contributed by atoms with Gasteiger partial charge in [0.25, 0.3) is 5.56 Å². The molecule has 2 aromatic heterocycles. The van der Waals surface area contributed by atoms with Crippen LogP contribution in [0.25, 0.3) is 28.0 Å². The van der Waals surface area contributed by atoms with Gasteiger partial charge in [-0.2, -0.15) is 4.98 Å². The number of aryl methyl sites for hydroxylation is 1. The molecule has 0 bridgehead atoms. The van der Waals surface area contributed by atoms with Crippen LogP contribution in [-0.4, -0.2) is 36.3 Å². The molecule has 0 fully saturated rings. The molecule has 0 saturated heterocycles. The highest BCUT2D eigenvalue weighted by atomic mass is 32.2. The zero-order valence-corrected chi connectivity index (χ0v) is 18.5. The fraction of sp³-hybridized carbons (Fsp3) is 0.136. The molecule has 0 atom stereocenters. The summed E-state index contributed by atoms with van der Waals surface area (Å²) in [7, 11) is -2.63.